The molecular weight excluding hydrogens is 348 g/mol. The number of hydrogen-bond acceptors (Lipinski definition) is 6. The first-order valence-electron chi connectivity index (χ1n) is 7.99. The first-order chi connectivity index (χ1) is 13.0. The number of fused-ring (bicyclic) bond motifs is 1. The number of nitrogens with one attached hydrogen (secondary N) is 2. The quantitative estimate of drug-likeness (QED) is 0.684. The number of ether oxygens (including phenoxy) is 1. The zero-order chi connectivity index (χ0) is 19.4. The van der Waals surface area contributed by atoms with Gasteiger partial charge in [-0.15, -0.1) is 0 Å². The van der Waals surface area contributed by atoms with Gasteiger partial charge in [0.1, 0.15) is 6.07 Å². The van der Waals surface area contributed by atoms with E-state index in [1.807, 2.05) is 6.07 Å². The van der Waals surface area contributed by atoms with E-state index in [2.05, 4.69) is 15.5 Å². The summed E-state index contributed by atoms with van der Waals surface area (Å²) in [5, 5.41) is 18.2. The fourth-order valence-corrected chi connectivity index (χ4v) is 2.46. The van der Waals surface area contributed by atoms with Crippen LogP contribution in [0.25, 0.3) is 10.8 Å². The highest BCUT2D eigenvalue weighted by atomic mass is 16.5. The van der Waals surface area contributed by atoms with E-state index in [1.165, 1.54) is 6.92 Å². The number of rotatable bonds is 4. The lowest BCUT2D eigenvalue weighted by atomic mass is 10.1. The van der Waals surface area contributed by atoms with Gasteiger partial charge < -0.3 is 10.1 Å². The number of anilines is 1. The number of aromatic nitrogens is 2. The maximum Gasteiger partial charge on any atom is 0.360 e. The first-order valence-corrected chi connectivity index (χ1v) is 7.99. The normalized spacial score (nSPS) is 11.4. The number of H-pyrrole nitrogens is 1. The third-order valence-corrected chi connectivity index (χ3v) is 3.85. The molecule has 0 aliphatic rings. The van der Waals surface area contributed by atoms with E-state index in [0.29, 0.717) is 16.5 Å². The predicted molar refractivity (Wildman–Crippen MR) is 97.0 cm³/mol. The predicted octanol–water partition coefficient (Wildman–Crippen LogP) is 1.98. The van der Waals surface area contributed by atoms with Crippen LogP contribution >= 0.6 is 0 Å². The van der Waals surface area contributed by atoms with Crippen molar-refractivity contribution in [2.45, 2.75) is 13.0 Å². The lowest BCUT2D eigenvalue weighted by Crippen LogP contribution is -2.31. The second kappa shape index (κ2) is 7.49. The highest BCUT2D eigenvalue weighted by Crippen LogP contribution is 2.16. The molecule has 0 spiro atoms. The molecule has 27 heavy (non-hydrogen) atoms. The van der Waals surface area contributed by atoms with Crippen LogP contribution in [0.3, 0.4) is 0 Å². The Morgan fingerprint density at radius 2 is 1.81 bits per heavy atom. The molecular formula is C19H14N4O4. The summed E-state index contributed by atoms with van der Waals surface area (Å²) in [6, 6.07) is 14.9. The maximum absolute atomic E-state index is 12.4. The van der Waals surface area contributed by atoms with Gasteiger partial charge in [0.15, 0.2) is 11.8 Å². The average Bonchev–Trinajstić information content (AvgIpc) is 2.68. The van der Waals surface area contributed by atoms with Crippen LogP contribution in [0.4, 0.5) is 5.69 Å². The molecule has 134 valence electrons. The molecule has 2 N–H and O–H groups in total. The molecule has 0 bridgehead atoms. The monoisotopic (exact) mass is 362 g/mol. The molecule has 1 amide bonds. The second-order valence-corrected chi connectivity index (χ2v) is 5.64. The number of esters is 1. The van der Waals surface area contributed by atoms with Crippen molar-refractivity contribution in [3.05, 3.63) is 70.1 Å². The zero-order valence-corrected chi connectivity index (χ0v) is 14.2. The summed E-state index contributed by atoms with van der Waals surface area (Å²) in [5.41, 5.74) is 0.0847. The number of carbonyl (C=O) groups is 2. The molecule has 3 aromatic rings. The Kier molecular flexibility index (Phi) is 4.95. The minimum Gasteiger partial charge on any atom is -0.448 e. The van der Waals surface area contributed by atoms with Gasteiger partial charge in [0.05, 0.1) is 16.6 Å². The van der Waals surface area contributed by atoms with Crippen molar-refractivity contribution in [2.75, 3.05) is 5.32 Å². The second-order valence-electron chi connectivity index (χ2n) is 5.64. The van der Waals surface area contributed by atoms with E-state index in [9.17, 15) is 14.4 Å². The minimum atomic E-state index is -1.14. The van der Waals surface area contributed by atoms with Gasteiger partial charge in [0.2, 0.25) is 0 Å². The third kappa shape index (κ3) is 3.67. The first kappa shape index (κ1) is 17.8. The van der Waals surface area contributed by atoms with Gasteiger partial charge in [-0.05, 0) is 25.1 Å². The summed E-state index contributed by atoms with van der Waals surface area (Å²) in [7, 11) is 0. The van der Waals surface area contributed by atoms with Gasteiger partial charge in [-0.25, -0.2) is 9.89 Å². The van der Waals surface area contributed by atoms with Crippen molar-refractivity contribution in [3.63, 3.8) is 0 Å². The van der Waals surface area contributed by atoms with Crippen LogP contribution in [-0.2, 0) is 9.53 Å². The van der Waals surface area contributed by atoms with E-state index in [4.69, 9.17) is 10.00 Å². The van der Waals surface area contributed by atoms with Crippen molar-refractivity contribution in [2.24, 2.45) is 0 Å². The molecule has 0 saturated carbocycles. The van der Waals surface area contributed by atoms with Gasteiger partial charge in [-0.2, -0.15) is 10.4 Å². The topological polar surface area (TPSA) is 125 Å². The molecule has 0 aliphatic heterocycles. The summed E-state index contributed by atoms with van der Waals surface area (Å²) in [6.45, 7) is 1.40. The highest BCUT2D eigenvalue weighted by Gasteiger charge is 2.22. The molecule has 8 heteroatoms. The highest BCUT2D eigenvalue weighted by molar-refractivity contribution is 6.03. The van der Waals surface area contributed by atoms with Crippen molar-refractivity contribution in [3.8, 4) is 6.07 Å². The van der Waals surface area contributed by atoms with Crippen molar-refractivity contribution in [1.82, 2.24) is 10.2 Å². The smallest absolute Gasteiger partial charge is 0.360 e. The molecule has 0 radical (unpaired) electrons. The molecule has 2 aromatic carbocycles. The van der Waals surface area contributed by atoms with Crippen LogP contribution in [0.2, 0.25) is 0 Å². The standard InChI is InChI=1S/C19H14N4O4/c1-11(17(24)21-15-9-5-2-6-12(15)10-20)27-19(26)16-13-7-3-4-8-14(13)18(25)23-22-16/h2-9,11H,1H3,(H,21,24)(H,23,25). The number of nitriles is 1. The van der Waals surface area contributed by atoms with Gasteiger partial charge in [0.25, 0.3) is 11.5 Å². The van der Waals surface area contributed by atoms with Gasteiger partial charge in [-0.3, -0.25) is 9.59 Å². The number of para-hydroxylation sites is 1. The summed E-state index contributed by atoms with van der Waals surface area (Å²) >= 11 is 0. The van der Waals surface area contributed by atoms with Gasteiger partial charge in [-0.1, -0.05) is 30.3 Å². The Morgan fingerprint density at radius 1 is 1.15 bits per heavy atom. The Balaban J connectivity index is 1.78. The van der Waals surface area contributed by atoms with E-state index < -0.39 is 23.5 Å². The number of benzene rings is 2. The maximum atomic E-state index is 12.4. The lowest BCUT2D eigenvalue weighted by molar-refractivity contribution is -0.123. The Morgan fingerprint density at radius 3 is 2.56 bits per heavy atom. The molecule has 0 fully saturated rings. The van der Waals surface area contributed by atoms with Crippen molar-refractivity contribution >= 4 is 28.3 Å². The molecule has 1 heterocycles. The minimum absolute atomic E-state index is 0.0951. The van der Waals surface area contributed by atoms with E-state index in [-0.39, 0.29) is 11.3 Å². The zero-order valence-electron chi connectivity index (χ0n) is 14.2. The Hall–Kier alpha value is -3.99. The average molecular weight is 362 g/mol. The Bertz CT molecular complexity index is 1130. The van der Waals surface area contributed by atoms with E-state index >= 15 is 0 Å². The van der Waals surface area contributed by atoms with Crippen LogP contribution in [0.5, 0.6) is 0 Å². The number of nitrogens with zero attached hydrogens (tertiary/aromatic N) is 2. The van der Waals surface area contributed by atoms with E-state index in [1.54, 1.807) is 48.5 Å². The van der Waals surface area contributed by atoms with E-state index in [0.717, 1.165) is 0 Å². The molecule has 0 saturated heterocycles. The van der Waals surface area contributed by atoms with Crippen LogP contribution in [0, 0.1) is 11.3 Å². The van der Waals surface area contributed by atoms with Crippen molar-refractivity contribution in [1.29, 1.82) is 5.26 Å². The van der Waals surface area contributed by atoms with Crippen molar-refractivity contribution < 1.29 is 14.3 Å². The lowest BCUT2D eigenvalue weighted by Gasteiger charge is -2.14. The number of amides is 1. The number of aromatic amines is 1. The molecule has 1 aromatic heterocycles. The van der Waals surface area contributed by atoms with Gasteiger partial charge >= 0.3 is 5.97 Å². The van der Waals surface area contributed by atoms with Crippen LogP contribution < -0.4 is 10.9 Å². The fraction of sp³-hybridized carbons (Fsp3) is 0.105. The largest absolute Gasteiger partial charge is 0.448 e. The Labute approximate surface area is 153 Å². The molecule has 8 nitrogen and oxygen atoms in total. The SMILES string of the molecule is CC(OC(=O)c1n[nH]c(=O)c2ccccc12)C(=O)Nc1ccccc1C#N. The summed E-state index contributed by atoms with van der Waals surface area (Å²) in [5.74, 6) is -1.45. The third-order valence-electron chi connectivity index (χ3n) is 3.85. The number of hydrogen-bond donors (Lipinski definition) is 2. The fourth-order valence-electron chi connectivity index (χ4n) is 2.46. The summed E-state index contributed by atoms with van der Waals surface area (Å²) in [4.78, 5) is 36.5. The molecule has 1 unspecified atom stereocenters. The molecule has 3 rings (SSSR count). The molecule has 0 aliphatic carbocycles. The van der Waals surface area contributed by atoms with Crippen LogP contribution in [-0.4, -0.2) is 28.2 Å². The summed E-state index contributed by atoms with van der Waals surface area (Å²) in [6.07, 6.45) is -1.14. The molecule has 1 atom stereocenters. The number of carbonyl (C=O) groups excluding carboxylic acids is 2. The van der Waals surface area contributed by atoms with Crippen LogP contribution in [0.15, 0.2) is 53.3 Å². The van der Waals surface area contributed by atoms with Gasteiger partial charge in [0, 0.05) is 5.39 Å². The summed E-state index contributed by atoms with van der Waals surface area (Å²) < 4.78 is 5.17. The van der Waals surface area contributed by atoms with Crippen LogP contribution in [0.1, 0.15) is 23.0 Å².